The van der Waals surface area contributed by atoms with Gasteiger partial charge in [-0.1, -0.05) is 27.7 Å². The van der Waals surface area contributed by atoms with Gasteiger partial charge in [0.05, 0.1) is 17.8 Å². The Morgan fingerprint density at radius 1 is 1.37 bits per heavy atom. The van der Waals surface area contributed by atoms with E-state index in [1.165, 1.54) is 10.6 Å². The van der Waals surface area contributed by atoms with Crippen LogP contribution >= 0.6 is 11.3 Å². The highest BCUT2D eigenvalue weighted by Gasteiger charge is 2.27. The Hall–Kier alpha value is -1.36. The molecule has 2 heterocycles. The average Bonchev–Trinajstić information content (AvgIpc) is 2.73. The number of carboxylic acid groups (broad SMARTS) is 1. The molecule has 0 atom stereocenters. The first kappa shape index (κ1) is 14.1. The van der Waals surface area contributed by atoms with Gasteiger partial charge < -0.3 is 5.11 Å². The summed E-state index contributed by atoms with van der Waals surface area (Å²) in [5.41, 5.74) is 2.77. The third kappa shape index (κ3) is 2.39. The maximum Gasteiger partial charge on any atom is 0.309 e. The van der Waals surface area contributed by atoms with Crippen molar-refractivity contribution in [2.45, 2.75) is 52.9 Å². The van der Waals surface area contributed by atoms with Gasteiger partial charge in [-0.2, -0.15) is 0 Å². The summed E-state index contributed by atoms with van der Waals surface area (Å²) < 4.78 is 2.05. The van der Waals surface area contributed by atoms with E-state index in [9.17, 15) is 4.79 Å². The predicted octanol–water partition coefficient (Wildman–Crippen LogP) is 3.19. The Balaban J connectivity index is 2.77. The van der Waals surface area contributed by atoms with Gasteiger partial charge >= 0.3 is 5.97 Å². The Kier molecular flexibility index (Phi) is 3.43. The van der Waals surface area contributed by atoms with Crippen LogP contribution < -0.4 is 0 Å². The van der Waals surface area contributed by atoms with Crippen LogP contribution in [0.2, 0.25) is 0 Å². The highest BCUT2D eigenvalue weighted by molar-refractivity contribution is 7.17. The Bertz CT molecular complexity index is 632. The molecule has 104 valence electrons. The van der Waals surface area contributed by atoms with Crippen molar-refractivity contribution in [3.05, 3.63) is 22.0 Å². The lowest BCUT2D eigenvalue weighted by atomic mass is 9.90. The molecule has 0 radical (unpaired) electrons. The fraction of sp³-hybridized carbons (Fsp3) is 0.571. The summed E-state index contributed by atoms with van der Waals surface area (Å²) in [4.78, 5) is 18.0. The topological polar surface area (TPSA) is 54.6 Å². The molecule has 0 aliphatic rings. The molecular weight excluding hydrogens is 260 g/mol. The molecule has 2 aromatic rings. The third-order valence-electron chi connectivity index (χ3n) is 3.23. The number of aliphatic carboxylic acids is 1. The number of aromatic nitrogens is 2. The Labute approximate surface area is 117 Å². The summed E-state index contributed by atoms with van der Waals surface area (Å²) in [7, 11) is 0. The maximum absolute atomic E-state index is 11.2. The van der Waals surface area contributed by atoms with Gasteiger partial charge in [0.1, 0.15) is 0 Å². The molecule has 0 aliphatic carbocycles. The highest BCUT2D eigenvalue weighted by Crippen LogP contribution is 2.32. The monoisotopic (exact) mass is 280 g/mol. The van der Waals surface area contributed by atoms with Crippen molar-refractivity contribution >= 4 is 22.3 Å². The van der Waals surface area contributed by atoms with Crippen LogP contribution in [-0.2, 0) is 23.1 Å². The molecule has 0 unspecified atom stereocenters. The molecule has 0 amide bonds. The number of imidazole rings is 1. The number of hydrogen-bond donors (Lipinski definition) is 1. The van der Waals surface area contributed by atoms with Gasteiger partial charge in [0.2, 0.25) is 0 Å². The molecule has 4 nitrogen and oxygen atoms in total. The van der Waals surface area contributed by atoms with Crippen molar-refractivity contribution in [3.63, 3.8) is 0 Å². The lowest BCUT2D eigenvalue weighted by molar-refractivity contribution is -0.136. The summed E-state index contributed by atoms with van der Waals surface area (Å²) in [6.45, 7) is 10.4. The van der Waals surface area contributed by atoms with Crippen LogP contribution in [-0.4, -0.2) is 20.5 Å². The van der Waals surface area contributed by atoms with E-state index in [1.54, 1.807) is 11.3 Å². The molecule has 0 saturated heterocycles. The summed E-state index contributed by atoms with van der Waals surface area (Å²) >= 11 is 1.64. The van der Waals surface area contributed by atoms with Crippen LogP contribution in [0.25, 0.3) is 4.96 Å². The molecule has 0 saturated carbocycles. The lowest BCUT2D eigenvalue weighted by Crippen LogP contribution is -2.17. The van der Waals surface area contributed by atoms with Crippen LogP contribution in [0.4, 0.5) is 0 Å². The van der Waals surface area contributed by atoms with Gasteiger partial charge in [-0.15, -0.1) is 11.3 Å². The van der Waals surface area contributed by atoms with Crippen molar-refractivity contribution < 1.29 is 9.90 Å². The van der Waals surface area contributed by atoms with E-state index >= 15 is 0 Å². The zero-order valence-corrected chi connectivity index (χ0v) is 12.9. The van der Waals surface area contributed by atoms with E-state index in [0.717, 1.165) is 22.8 Å². The van der Waals surface area contributed by atoms with Gasteiger partial charge in [0.25, 0.3) is 0 Å². The van der Waals surface area contributed by atoms with Gasteiger partial charge in [-0.25, -0.2) is 4.98 Å². The zero-order valence-electron chi connectivity index (χ0n) is 12.1. The molecule has 2 aromatic heterocycles. The van der Waals surface area contributed by atoms with Crippen LogP contribution in [0, 0.1) is 6.92 Å². The minimum atomic E-state index is -0.807. The molecule has 0 spiro atoms. The molecule has 0 bridgehead atoms. The smallest absolute Gasteiger partial charge is 0.309 e. The van der Waals surface area contributed by atoms with Crippen molar-refractivity contribution in [2.75, 3.05) is 0 Å². The molecule has 0 aliphatic heterocycles. The Morgan fingerprint density at radius 2 is 2.00 bits per heavy atom. The summed E-state index contributed by atoms with van der Waals surface area (Å²) in [5, 5.41) is 9.17. The SMILES string of the molecule is CCc1c(C)sc2nc(C(C)(C)C)c(CC(=O)O)n12. The predicted molar refractivity (Wildman–Crippen MR) is 77.2 cm³/mol. The van der Waals surface area contributed by atoms with Crippen LogP contribution in [0.3, 0.4) is 0 Å². The van der Waals surface area contributed by atoms with Crippen molar-refractivity contribution in [1.82, 2.24) is 9.38 Å². The number of carbonyl (C=O) groups is 1. The molecule has 0 fully saturated rings. The highest BCUT2D eigenvalue weighted by atomic mass is 32.1. The number of nitrogens with zero attached hydrogens (tertiary/aromatic N) is 2. The molecule has 2 rings (SSSR count). The number of carboxylic acids is 1. The van der Waals surface area contributed by atoms with Crippen LogP contribution in [0.1, 0.15) is 49.7 Å². The first-order valence-corrected chi connectivity index (χ1v) is 7.29. The van der Waals surface area contributed by atoms with Gasteiger partial charge in [0.15, 0.2) is 4.96 Å². The average molecular weight is 280 g/mol. The zero-order chi connectivity index (χ0) is 14.4. The summed E-state index contributed by atoms with van der Waals surface area (Å²) in [6, 6.07) is 0. The van der Waals surface area contributed by atoms with E-state index < -0.39 is 5.97 Å². The molecule has 5 heteroatoms. The second-order valence-electron chi connectivity index (χ2n) is 5.80. The lowest BCUT2D eigenvalue weighted by Gasteiger charge is -2.17. The Morgan fingerprint density at radius 3 is 2.47 bits per heavy atom. The maximum atomic E-state index is 11.2. The quantitative estimate of drug-likeness (QED) is 0.939. The van der Waals surface area contributed by atoms with E-state index in [-0.39, 0.29) is 11.8 Å². The largest absolute Gasteiger partial charge is 0.481 e. The van der Waals surface area contributed by atoms with Gasteiger partial charge in [0, 0.05) is 16.0 Å². The standard InChI is InChI=1S/C14H20N2O2S/c1-6-9-8(2)19-13-15-12(14(3,4)5)10(16(9)13)7-11(17)18/h6-7H2,1-5H3,(H,17,18). The number of hydrogen-bond acceptors (Lipinski definition) is 3. The first-order valence-electron chi connectivity index (χ1n) is 6.47. The van der Waals surface area contributed by atoms with E-state index in [0.29, 0.717) is 0 Å². The molecular formula is C14H20N2O2S. The van der Waals surface area contributed by atoms with Crippen molar-refractivity contribution in [2.24, 2.45) is 0 Å². The second kappa shape index (κ2) is 4.63. The van der Waals surface area contributed by atoms with Crippen LogP contribution in [0.15, 0.2) is 0 Å². The third-order valence-corrected chi connectivity index (χ3v) is 4.22. The van der Waals surface area contributed by atoms with E-state index in [1.807, 2.05) is 0 Å². The number of thiazole rings is 1. The fourth-order valence-corrected chi connectivity index (χ4v) is 3.52. The number of rotatable bonds is 3. The normalized spacial score (nSPS) is 12.3. The van der Waals surface area contributed by atoms with E-state index in [4.69, 9.17) is 5.11 Å². The first-order chi connectivity index (χ1) is 8.75. The summed E-state index contributed by atoms with van der Waals surface area (Å²) in [5.74, 6) is -0.807. The minimum absolute atomic E-state index is 0.0247. The molecule has 0 aromatic carbocycles. The second-order valence-corrected chi connectivity index (χ2v) is 6.99. The van der Waals surface area contributed by atoms with Crippen molar-refractivity contribution in [1.29, 1.82) is 0 Å². The van der Waals surface area contributed by atoms with Crippen LogP contribution in [0.5, 0.6) is 0 Å². The van der Waals surface area contributed by atoms with Gasteiger partial charge in [-0.05, 0) is 13.3 Å². The van der Waals surface area contributed by atoms with Crippen molar-refractivity contribution in [3.8, 4) is 0 Å². The molecule has 19 heavy (non-hydrogen) atoms. The summed E-state index contributed by atoms with van der Waals surface area (Å²) in [6.07, 6.45) is 0.912. The fourth-order valence-electron chi connectivity index (χ4n) is 2.45. The number of fused-ring (bicyclic) bond motifs is 1. The van der Waals surface area contributed by atoms with Gasteiger partial charge in [-0.3, -0.25) is 9.20 Å². The molecule has 1 N–H and O–H groups in total. The van der Waals surface area contributed by atoms with E-state index in [2.05, 4.69) is 44.0 Å². The number of aryl methyl sites for hydroxylation is 2. The minimum Gasteiger partial charge on any atom is -0.481 e.